The molecule has 1 aliphatic heterocycles. The van der Waals surface area contributed by atoms with Crippen LogP contribution in [0.2, 0.25) is 0 Å². The third-order valence-electron chi connectivity index (χ3n) is 3.68. The molecule has 0 aromatic heterocycles. The van der Waals surface area contributed by atoms with E-state index in [-0.39, 0.29) is 5.41 Å². The Bertz CT molecular complexity index is 267. The van der Waals surface area contributed by atoms with Crippen LogP contribution in [0, 0.1) is 5.41 Å². The smallest absolute Gasteiger partial charge is 0.229 e. The summed E-state index contributed by atoms with van der Waals surface area (Å²) >= 11 is 0. The van der Waals surface area contributed by atoms with Crippen LogP contribution in [0.5, 0.6) is 0 Å². The lowest BCUT2D eigenvalue weighted by Crippen LogP contribution is -2.53. The standard InChI is InChI=1S/C15H31N3O/c1-5-9-17(10-6-2)13-15(3,4)14(19)18-11-7-16-8-12-18/h16H,5-13H2,1-4H3. The van der Waals surface area contributed by atoms with Gasteiger partial charge >= 0.3 is 0 Å². The predicted octanol–water partition coefficient (Wildman–Crippen LogP) is 1.57. The maximum Gasteiger partial charge on any atom is 0.229 e. The van der Waals surface area contributed by atoms with Crippen LogP contribution in [0.3, 0.4) is 0 Å². The van der Waals surface area contributed by atoms with E-state index in [4.69, 9.17) is 0 Å². The maximum atomic E-state index is 12.6. The van der Waals surface area contributed by atoms with Crippen molar-refractivity contribution in [2.45, 2.75) is 40.5 Å². The average molecular weight is 269 g/mol. The van der Waals surface area contributed by atoms with Gasteiger partial charge in [0, 0.05) is 32.7 Å². The summed E-state index contributed by atoms with van der Waals surface area (Å²) in [7, 11) is 0. The summed E-state index contributed by atoms with van der Waals surface area (Å²) in [6, 6.07) is 0. The first-order chi connectivity index (χ1) is 9.01. The highest BCUT2D eigenvalue weighted by Gasteiger charge is 2.33. The molecule has 0 spiro atoms. The molecule has 0 saturated carbocycles. The maximum absolute atomic E-state index is 12.6. The molecule has 0 radical (unpaired) electrons. The molecule has 1 heterocycles. The predicted molar refractivity (Wildman–Crippen MR) is 80.3 cm³/mol. The lowest BCUT2D eigenvalue weighted by Gasteiger charge is -2.37. The normalized spacial score (nSPS) is 17.0. The number of hydrogen-bond donors (Lipinski definition) is 1. The van der Waals surface area contributed by atoms with E-state index in [2.05, 4.69) is 37.9 Å². The van der Waals surface area contributed by atoms with Crippen molar-refractivity contribution in [3.63, 3.8) is 0 Å². The third kappa shape index (κ3) is 5.11. The molecule has 1 fully saturated rings. The van der Waals surface area contributed by atoms with E-state index in [0.717, 1.165) is 58.7 Å². The molecular weight excluding hydrogens is 238 g/mol. The molecule has 1 amide bonds. The second-order valence-corrected chi connectivity index (χ2v) is 6.20. The highest BCUT2D eigenvalue weighted by molar-refractivity contribution is 5.82. The van der Waals surface area contributed by atoms with Crippen molar-refractivity contribution < 1.29 is 4.79 Å². The fraction of sp³-hybridized carbons (Fsp3) is 0.933. The van der Waals surface area contributed by atoms with Crippen LogP contribution in [0.1, 0.15) is 40.5 Å². The van der Waals surface area contributed by atoms with Gasteiger partial charge in [0.15, 0.2) is 0 Å². The zero-order valence-corrected chi connectivity index (χ0v) is 13.2. The van der Waals surface area contributed by atoms with Gasteiger partial charge in [-0.25, -0.2) is 0 Å². The van der Waals surface area contributed by atoms with Gasteiger partial charge in [-0.2, -0.15) is 0 Å². The molecule has 4 heteroatoms. The molecule has 1 aliphatic rings. The van der Waals surface area contributed by atoms with E-state index in [1.165, 1.54) is 0 Å². The van der Waals surface area contributed by atoms with Gasteiger partial charge in [-0.1, -0.05) is 13.8 Å². The van der Waals surface area contributed by atoms with E-state index in [9.17, 15) is 4.79 Å². The molecule has 112 valence electrons. The molecule has 1 N–H and O–H groups in total. The third-order valence-corrected chi connectivity index (χ3v) is 3.68. The quantitative estimate of drug-likeness (QED) is 0.762. The molecule has 0 aliphatic carbocycles. The average Bonchev–Trinajstić information content (AvgIpc) is 2.39. The van der Waals surface area contributed by atoms with Gasteiger partial charge in [0.1, 0.15) is 0 Å². The molecule has 19 heavy (non-hydrogen) atoms. The molecule has 1 saturated heterocycles. The molecule has 0 bridgehead atoms. The van der Waals surface area contributed by atoms with Crippen molar-refractivity contribution in [2.75, 3.05) is 45.8 Å². The van der Waals surface area contributed by atoms with Crippen LogP contribution in [0.15, 0.2) is 0 Å². The molecular formula is C15H31N3O. The van der Waals surface area contributed by atoms with E-state index < -0.39 is 0 Å². The summed E-state index contributed by atoms with van der Waals surface area (Å²) in [5, 5.41) is 3.30. The van der Waals surface area contributed by atoms with Gasteiger partial charge in [-0.05, 0) is 39.8 Å². The van der Waals surface area contributed by atoms with Gasteiger partial charge in [0.2, 0.25) is 5.91 Å². The topological polar surface area (TPSA) is 35.6 Å². The van der Waals surface area contributed by atoms with E-state index in [1.54, 1.807) is 0 Å². The second kappa shape index (κ2) is 7.85. The van der Waals surface area contributed by atoms with Crippen molar-refractivity contribution in [3.05, 3.63) is 0 Å². The first kappa shape index (κ1) is 16.4. The molecule has 0 aromatic carbocycles. The summed E-state index contributed by atoms with van der Waals surface area (Å²) in [6.07, 6.45) is 2.30. The number of piperazine rings is 1. The highest BCUT2D eigenvalue weighted by atomic mass is 16.2. The van der Waals surface area contributed by atoms with E-state index in [1.807, 2.05) is 4.90 Å². The van der Waals surface area contributed by atoms with Crippen LogP contribution in [0.25, 0.3) is 0 Å². The van der Waals surface area contributed by atoms with Crippen LogP contribution in [-0.2, 0) is 4.79 Å². The van der Waals surface area contributed by atoms with Gasteiger partial charge in [0.05, 0.1) is 5.41 Å². The minimum atomic E-state index is -0.276. The fourth-order valence-corrected chi connectivity index (χ4v) is 2.82. The molecule has 1 rings (SSSR count). The Balaban J connectivity index is 2.58. The Morgan fingerprint density at radius 3 is 2.16 bits per heavy atom. The van der Waals surface area contributed by atoms with Gasteiger partial charge < -0.3 is 15.1 Å². The molecule has 0 atom stereocenters. The van der Waals surface area contributed by atoms with Crippen LogP contribution < -0.4 is 5.32 Å². The van der Waals surface area contributed by atoms with Crippen LogP contribution in [0.4, 0.5) is 0 Å². The second-order valence-electron chi connectivity index (χ2n) is 6.20. The first-order valence-corrected chi connectivity index (χ1v) is 7.73. The number of amides is 1. The van der Waals surface area contributed by atoms with Gasteiger partial charge in [-0.3, -0.25) is 4.79 Å². The summed E-state index contributed by atoms with van der Waals surface area (Å²) < 4.78 is 0. The lowest BCUT2D eigenvalue weighted by atomic mass is 9.90. The molecule has 0 unspecified atom stereocenters. The number of nitrogens with one attached hydrogen (secondary N) is 1. The van der Waals surface area contributed by atoms with Gasteiger partial charge in [-0.15, -0.1) is 0 Å². The van der Waals surface area contributed by atoms with Crippen molar-refractivity contribution in [2.24, 2.45) is 5.41 Å². The Hall–Kier alpha value is -0.610. The van der Waals surface area contributed by atoms with Crippen LogP contribution >= 0.6 is 0 Å². The Morgan fingerprint density at radius 2 is 1.68 bits per heavy atom. The lowest BCUT2D eigenvalue weighted by molar-refractivity contribution is -0.142. The first-order valence-electron chi connectivity index (χ1n) is 7.73. The van der Waals surface area contributed by atoms with Crippen molar-refractivity contribution >= 4 is 5.91 Å². The Morgan fingerprint density at radius 1 is 1.16 bits per heavy atom. The number of carbonyl (C=O) groups excluding carboxylic acids is 1. The SMILES string of the molecule is CCCN(CCC)CC(C)(C)C(=O)N1CCNCC1. The van der Waals surface area contributed by atoms with Crippen molar-refractivity contribution in [1.29, 1.82) is 0 Å². The zero-order valence-electron chi connectivity index (χ0n) is 13.2. The fourth-order valence-electron chi connectivity index (χ4n) is 2.82. The minimum Gasteiger partial charge on any atom is -0.340 e. The number of hydrogen-bond acceptors (Lipinski definition) is 3. The Kier molecular flexibility index (Phi) is 6.80. The number of carbonyl (C=O) groups is 1. The zero-order chi connectivity index (χ0) is 14.3. The highest BCUT2D eigenvalue weighted by Crippen LogP contribution is 2.21. The minimum absolute atomic E-state index is 0.276. The number of nitrogens with zero attached hydrogens (tertiary/aromatic N) is 2. The molecule has 4 nitrogen and oxygen atoms in total. The Labute approximate surface area is 118 Å². The monoisotopic (exact) mass is 269 g/mol. The van der Waals surface area contributed by atoms with Gasteiger partial charge in [0.25, 0.3) is 0 Å². The summed E-state index contributed by atoms with van der Waals surface area (Å²) in [5.74, 6) is 0.311. The summed E-state index contributed by atoms with van der Waals surface area (Å²) in [5.41, 5.74) is -0.276. The van der Waals surface area contributed by atoms with Crippen molar-refractivity contribution in [3.8, 4) is 0 Å². The van der Waals surface area contributed by atoms with Crippen molar-refractivity contribution in [1.82, 2.24) is 15.1 Å². The molecule has 0 aromatic rings. The largest absolute Gasteiger partial charge is 0.340 e. The van der Waals surface area contributed by atoms with E-state index >= 15 is 0 Å². The summed E-state index contributed by atoms with van der Waals surface area (Å²) in [6.45, 7) is 15.2. The van der Waals surface area contributed by atoms with E-state index in [0.29, 0.717) is 5.91 Å². The number of rotatable bonds is 7. The van der Waals surface area contributed by atoms with Crippen LogP contribution in [-0.4, -0.2) is 61.5 Å². The summed E-state index contributed by atoms with van der Waals surface area (Å²) in [4.78, 5) is 17.1.